The van der Waals surface area contributed by atoms with Crippen molar-refractivity contribution < 1.29 is 5.11 Å². The van der Waals surface area contributed by atoms with Gasteiger partial charge in [0.2, 0.25) is 0 Å². The standard InChI is InChI=1S/C35H26N4O/c1-21-17-20-26-28-27(21)33(34(40)24-13-7-3-8-14-24)37-35-30(29(28)31(36-26)22-11-5-2-6-12-22)32(23-18-19-23)38-39(35)25-15-9-4-10-16-25/h2-17,20,23,40H,18-19H2,1H3/b34-33+. The van der Waals surface area contributed by atoms with E-state index in [4.69, 9.17) is 15.1 Å². The molecule has 0 spiro atoms. The summed E-state index contributed by atoms with van der Waals surface area (Å²) in [7, 11) is 0. The van der Waals surface area contributed by atoms with Crippen molar-refractivity contribution in [1.82, 2.24) is 19.7 Å². The van der Waals surface area contributed by atoms with Crippen molar-refractivity contribution >= 4 is 27.7 Å². The van der Waals surface area contributed by atoms with Gasteiger partial charge in [-0.2, -0.15) is 5.10 Å². The minimum atomic E-state index is 0.145. The van der Waals surface area contributed by atoms with Crippen molar-refractivity contribution in [3.05, 3.63) is 125 Å². The number of aromatic nitrogens is 4. The summed E-state index contributed by atoms with van der Waals surface area (Å²) in [4.78, 5) is 10.6. The molecule has 1 aromatic heterocycles. The lowest BCUT2D eigenvalue weighted by Crippen LogP contribution is -2.14. The molecule has 0 bridgehead atoms. The fourth-order valence-electron chi connectivity index (χ4n) is 5.92. The highest BCUT2D eigenvalue weighted by molar-refractivity contribution is 6.13. The van der Waals surface area contributed by atoms with Gasteiger partial charge >= 0.3 is 0 Å². The summed E-state index contributed by atoms with van der Waals surface area (Å²) < 4.78 is 1.95. The number of benzene rings is 4. The third-order valence-corrected chi connectivity index (χ3v) is 7.99. The second-order valence-corrected chi connectivity index (χ2v) is 10.6. The predicted molar refractivity (Wildman–Crippen MR) is 160 cm³/mol. The Balaban J connectivity index is 1.65. The average molecular weight is 519 g/mol. The van der Waals surface area contributed by atoms with E-state index in [-0.39, 0.29) is 5.76 Å². The lowest BCUT2D eigenvalue weighted by atomic mass is 9.93. The van der Waals surface area contributed by atoms with E-state index >= 15 is 0 Å². The first-order chi connectivity index (χ1) is 19.7. The highest BCUT2D eigenvalue weighted by atomic mass is 16.3. The van der Waals surface area contributed by atoms with Gasteiger partial charge in [0.25, 0.3) is 0 Å². The lowest BCUT2D eigenvalue weighted by Gasteiger charge is -2.07. The second-order valence-electron chi connectivity index (χ2n) is 10.6. The van der Waals surface area contributed by atoms with Crippen molar-refractivity contribution in [3.63, 3.8) is 0 Å². The van der Waals surface area contributed by atoms with Crippen molar-refractivity contribution in [2.75, 3.05) is 0 Å². The maximum atomic E-state index is 11.8. The molecule has 5 heteroatoms. The maximum absolute atomic E-state index is 11.8. The minimum absolute atomic E-state index is 0.145. The maximum Gasteiger partial charge on any atom is 0.164 e. The number of fused-ring (bicyclic) bond motifs is 2. The van der Waals surface area contributed by atoms with Gasteiger partial charge in [-0.1, -0.05) is 84.9 Å². The highest BCUT2D eigenvalue weighted by Crippen LogP contribution is 2.49. The van der Waals surface area contributed by atoms with Gasteiger partial charge in [-0.3, -0.25) is 0 Å². The molecule has 3 aliphatic rings. The molecule has 1 fully saturated rings. The number of para-hydroxylation sites is 1. The molecular formula is C35H26N4O. The van der Waals surface area contributed by atoms with Gasteiger partial charge in [0.05, 0.1) is 28.0 Å². The Bertz CT molecular complexity index is 2060. The van der Waals surface area contributed by atoms with Crippen LogP contribution in [0.1, 0.15) is 35.6 Å². The minimum Gasteiger partial charge on any atom is -0.505 e. The highest BCUT2D eigenvalue weighted by Gasteiger charge is 2.34. The van der Waals surface area contributed by atoms with E-state index < -0.39 is 0 Å². The van der Waals surface area contributed by atoms with Crippen molar-refractivity contribution in [1.29, 1.82) is 0 Å². The summed E-state index contributed by atoms with van der Waals surface area (Å²) in [6.45, 7) is 2.09. The molecule has 1 saturated carbocycles. The van der Waals surface area contributed by atoms with Crippen LogP contribution in [-0.4, -0.2) is 24.9 Å². The smallest absolute Gasteiger partial charge is 0.164 e. The summed E-state index contributed by atoms with van der Waals surface area (Å²) in [6.07, 6.45) is 2.21. The van der Waals surface area contributed by atoms with Crippen LogP contribution < -0.4 is 5.35 Å². The second kappa shape index (κ2) is 8.75. The normalized spacial score (nSPS) is 14.3. The topological polar surface area (TPSA) is 63.8 Å². The molecule has 40 heavy (non-hydrogen) atoms. The first kappa shape index (κ1) is 22.9. The van der Waals surface area contributed by atoms with Gasteiger partial charge in [0.15, 0.2) is 5.65 Å². The summed E-state index contributed by atoms with van der Waals surface area (Å²) in [5, 5.41) is 19.6. The van der Waals surface area contributed by atoms with E-state index in [9.17, 15) is 5.11 Å². The van der Waals surface area contributed by atoms with Crippen molar-refractivity contribution in [2.45, 2.75) is 25.7 Å². The van der Waals surface area contributed by atoms with Crippen molar-refractivity contribution in [3.8, 4) is 28.1 Å². The molecule has 0 atom stereocenters. The Kier molecular flexibility index (Phi) is 5.01. The van der Waals surface area contributed by atoms with Gasteiger partial charge in [0, 0.05) is 33.6 Å². The van der Waals surface area contributed by atoms with Crippen LogP contribution in [0.25, 0.3) is 55.8 Å². The van der Waals surface area contributed by atoms with E-state index in [2.05, 4.69) is 55.5 Å². The van der Waals surface area contributed by atoms with Gasteiger partial charge < -0.3 is 5.11 Å². The molecule has 1 N–H and O–H groups in total. The fourth-order valence-corrected chi connectivity index (χ4v) is 5.92. The Hall–Kier alpha value is -5.03. The van der Waals surface area contributed by atoms with Crippen LogP contribution in [0.3, 0.4) is 0 Å². The molecule has 2 aliphatic heterocycles. The van der Waals surface area contributed by atoms with E-state index in [1.165, 1.54) is 0 Å². The third-order valence-electron chi connectivity index (χ3n) is 7.99. The van der Waals surface area contributed by atoms with Crippen molar-refractivity contribution in [2.24, 2.45) is 0 Å². The molecule has 0 unspecified atom stereocenters. The molecular weight excluding hydrogens is 492 g/mol. The number of nitrogens with zero attached hydrogens (tertiary/aromatic N) is 4. The van der Waals surface area contributed by atoms with Crippen LogP contribution in [0.5, 0.6) is 0 Å². The summed E-state index contributed by atoms with van der Waals surface area (Å²) in [5.41, 5.74) is 9.43. The zero-order chi connectivity index (χ0) is 26.8. The number of hydrogen-bond acceptors (Lipinski definition) is 4. The Labute approximate surface area is 231 Å². The molecule has 0 amide bonds. The fraction of sp³-hybridized carbons (Fsp3) is 0.114. The van der Waals surface area contributed by atoms with Gasteiger partial charge in [-0.25, -0.2) is 14.6 Å². The molecule has 192 valence electrons. The van der Waals surface area contributed by atoms with Crippen LogP contribution in [0.15, 0.2) is 103 Å². The molecule has 5 nitrogen and oxygen atoms in total. The van der Waals surface area contributed by atoms with Gasteiger partial charge in [-0.15, -0.1) is 0 Å². The van der Waals surface area contributed by atoms with Gasteiger partial charge in [-0.05, 0) is 43.5 Å². The van der Waals surface area contributed by atoms with Crippen LogP contribution in [0.4, 0.5) is 0 Å². The summed E-state index contributed by atoms with van der Waals surface area (Å²) in [6, 6.07) is 34.4. The molecule has 0 radical (unpaired) electrons. The van der Waals surface area contributed by atoms with E-state index in [1.807, 2.05) is 59.3 Å². The third kappa shape index (κ3) is 3.44. The largest absolute Gasteiger partial charge is 0.505 e. The van der Waals surface area contributed by atoms with Crippen LogP contribution in [0, 0.1) is 6.92 Å². The zero-order valence-electron chi connectivity index (χ0n) is 22.0. The van der Waals surface area contributed by atoms with Gasteiger partial charge in [0.1, 0.15) is 11.1 Å². The number of rotatable bonds is 4. The number of hydrogen-bond donors (Lipinski definition) is 1. The molecule has 3 heterocycles. The molecule has 4 aromatic carbocycles. The molecule has 0 saturated heterocycles. The molecule has 8 rings (SSSR count). The Morgan fingerprint density at radius 2 is 1.43 bits per heavy atom. The Morgan fingerprint density at radius 1 is 0.750 bits per heavy atom. The lowest BCUT2D eigenvalue weighted by molar-refractivity contribution is 0.506. The average Bonchev–Trinajstić information content (AvgIpc) is 3.72. The van der Waals surface area contributed by atoms with Crippen LogP contribution in [0.2, 0.25) is 0 Å². The molecule has 1 aliphatic carbocycles. The predicted octanol–water partition coefficient (Wildman–Crippen LogP) is 7.36. The van der Waals surface area contributed by atoms with E-state index in [0.717, 1.165) is 79.7 Å². The number of aliphatic hydroxyl groups excluding tert-OH is 1. The summed E-state index contributed by atoms with van der Waals surface area (Å²) >= 11 is 0. The monoisotopic (exact) mass is 518 g/mol. The first-order valence-corrected chi connectivity index (χ1v) is 13.7. The zero-order valence-corrected chi connectivity index (χ0v) is 22.0. The van der Waals surface area contributed by atoms with Crippen LogP contribution >= 0.6 is 0 Å². The number of aliphatic hydroxyl groups is 1. The quantitative estimate of drug-likeness (QED) is 0.264. The summed E-state index contributed by atoms with van der Waals surface area (Å²) in [5.74, 6) is 0.523. The first-order valence-electron chi connectivity index (χ1n) is 13.7. The molecule has 5 aromatic rings. The Morgan fingerprint density at radius 3 is 2.12 bits per heavy atom. The SMILES string of the molecule is Cc1ccc2nc(-c3ccccc3)c3c4c(C5CC5)nn(-c5ccccc5)c4n/c(=C(/O)c4ccccc4)c1c2-3. The van der Waals surface area contributed by atoms with Crippen LogP contribution in [-0.2, 0) is 0 Å². The van der Waals surface area contributed by atoms with E-state index in [0.29, 0.717) is 11.3 Å². The number of aryl methyl sites for hydroxylation is 1. The van der Waals surface area contributed by atoms with E-state index in [1.54, 1.807) is 0 Å².